The number of hydrogen-bond acceptors (Lipinski definition) is 11. The predicted molar refractivity (Wildman–Crippen MR) is 166 cm³/mol. The fourth-order valence-corrected chi connectivity index (χ4v) is 6.45. The maximum absolute atomic E-state index is 12.6. The van der Waals surface area contributed by atoms with Crippen molar-refractivity contribution < 1.29 is 42.9 Å². The van der Waals surface area contributed by atoms with Crippen molar-refractivity contribution in [1.82, 2.24) is 4.57 Å². The summed E-state index contributed by atoms with van der Waals surface area (Å²) in [5.74, 6) is -2.86. The number of carbonyl (C=O) groups is 4. The Hall–Kier alpha value is -4.86. The highest BCUT2D eigenvalue weighted by atomic mass is 32.1. The molecule has 0 N–H and O–H groups in total. The van der Waals surface area contributed by atoms with Gasteiger partial charge in [-0.05, 0) is 23.6 Å². The molecule has 1 aliphatic heterocycles. The average Bonchev–Trinajstić information content (AvgIpc) is 3.37. The minimum absolute atomic E-state index is 0.0782. The number of nitrogens with zero attached hydrogens (tertiary/aromatic N) is 2. The minimum Gasteiger partial charge on any atom is -0.463 e. The van der Waals surface area contributed by atoms with Crippen LogP contribution in [0.5, 0.6) is 0 Å². The molecule has 0 spiro atoms. The van der Waals surface area contributed by atoms with E-state index in [2.05, 4.69) is 6.07 Å². The Labute approximate surface area is 270 Å². The van der Waals surface area contributed by atoms with Gasteiger partial charge in [-0.1, -0.05) is 66.3 Å². The van der Waals surface area contributed by atoms with Crippen LogP contribution in [0.2, 0.25) is 0 Å². The molecule has 2 heterocycles. The van der Waals surface area contributed by atoms with Crippen molar-refractivity contribution in [1.29, 1.82) is 5.26 Å². The molecule has 5 rings (SSSR count). The van der Waals surface area contributed by atoms with Crippen molar-refractivity contribution in [3.05, 3.63) is 75.4 Å². The monoisotopic (exact) mass is 644 g/mol. The van der Waals surface area contributed by atoms with Crippen LogP contribution in [-0.2, 0) is 49.3 Å². The van der Waals surface area contributed by atoms with E-state index >= 15 is 0 Å². The molecule has 2 aliphatic rings. The first-order valence-corrected chi connectivity index (χ1v) is 15.0. The first kappa shape index (κ1) is 32.5. The number of hydrogen-bond donors (Lipinski definition) is 0. The maximum Gasteiger partial charge on any atom is 0.303 e. The number of esters is 4. The van der Waals surface area contributed by atoms with Gasteiger partial charge in [0.05, 0.1) is 11.3 Å². The lowest BCUT2D eigenvalue weighted by Crippen LogP contribution is -2.60. The zero-order valence-corrected chi connectivity index (χ0v) is 26.7. The summed E-state index contributed by atoms with van der Waals surface area (Å²) in [5, 5.41) is 10.6. The van der Waals surface area contributed by atoms with E-state index in [1.165, 1.54) is 13.8 Å². The lowest BCUT2D eigenvalue weighted by Gasteiger charge is -2.45. The molecule has 0 radical (unpaired) electrons. The number of pyridine rings is 1. The number of ether oxygens (including phenoxy) is 5. The molecular formula is C34H32N2O9S. The zero-order chi connectivity index (χ0) is 33.3. The van der Waals surface area contributed by atoms with E-state index in [0.717, 1.165) is 41.7 Å². The topological polar surface area (TPSA) is 143 Å². The molecule has 1 aliphatic carbocycles. The fraction of sp³-hybridized carbons (Fsp3) is 0.353. The lowest BCUT2D eigenvalue weighted by molar-refractivity contribution is -0.268. The number of carbonyl (C=O) groups excluding carboxylic acids is 4. The van der Waals surface area contributed by atoms with Gasteiger partial charge in [0.2, 0.25) is 0 Å². The third kappa shape index (κ3) is 6.29. The second-order valence-corrected chi connectivity index (χ2v) is 11.5. The molecule has 12 heteroatoms. The number of aryl methyl sites for hydroxylation is 1. The Morgan fingerprint density at radius 2 is 1.50 bits per heavy atom. The van der Waals surface area contributed by atoms with Gasteiger partial charge in [0.15, 0.2) is 24.5 Å². The molecule has 46 heavy (non-hydrogen) atoms. The molecule has 0 saturated carbocycles. The van der Waals surface area contributed by atoms with Crippen molar-refractivity contribution >= 4 is 36.1 Å². The lowest BCUT2D eigenvalue weighted by atomic mass is 9.92. The summed E-state index contributed by atoms with van der Waals surface area (Å²) in [4.78, 5) is 49.1. The van der Waals surface area contributed by atoms with Crippen molar-refractivity contribution in [3.63, 3.8) is 0 Å². The number of aromatic nitrogens is 1. The van der Waals surface area contributed by atoms with Crippen molar-refractivity contribution in [2.75, 3.05) is 6.61 Å². The largest absolute Gasteiger partial charge is 0.463 e. The summed E-state index contributed by atoms with van der Waals surface area (Å²) in [6.07, 6.45) is -6.18. The molecule has 238 valence electrons. The third-order valence-electron chi connectivity index (χ3n) is 7.82. The quantitative estimate of drug-likeness (QED) is 0.154. The molecule has 1 fully saturated rings. The van der Waals surface area contributed by atoms with Crippen LogP contribution in [0.1, 0.15) is 56.2 Å². The van der Waals surface area contributed by atoms with E-state index < -0.39 is 61.1 Å². The second-order valence-electron chi connectivity index (χ2n) is 11.2. The van der Waals surface area contributed by atoms with Crippen molar-refractivity contribution in [2.24, 2.45) is 0 Å². The molecule has 2 aromatic carbocycles. The van der Waals surface area contributed by atoms with Gasteiger partial charge in [-0.25, -0.2) is 0 Å². The Kier molecular flexibility index (Phi) is 9.37. The fourth-order valence-electron chi connectivity index (χ4n) is 6.10. The molecule has 0 amide bonds. The summed E-state index contributed by atoms with van der Waals surface area (Å²) >= 11 is 6.03. The summed E-state index contributed by atoms with van der Waals surface area (Å²) < 4.78 is 30.4. The Morgan fingerprint density at radius 1 is 0.891 bits per heavy atom. The molecule has 0 unspecified atom stereocenters. The number of fused-ring (bicyclic) bond motifs is 3. The van der Waals surface area contributed by atoms with Gasteiger partial charge >= 0.3 is 23.9 Å². The predicted octanol–water partition coefficient (Wildman–Crippen LogP) is 4.89. The zero-order valence-electron chi connectivity index (χ0n) is 25.9. The van der Waals surface area contributed by atoms with Crippen LogP contribution in [0.3, 0.4) is 0 Å². The van der Waals surface area contributed by atoms with Crippen molar-refractivity contribution in [2.45, 2.75) is 71.7 Å². The van der Waals surface area contributed by atoms with Crippen LogP contribution >= 0.6 is 12.2 Å². The first-order chi connectivity index (χ1) is 21.9. The van der Waals surface area contributed by atoms with E-state index in [1.807, 2.05) is 55.5 Å². The van der Waals surface area contributed by atoms with E-state index in [-0.39, 0.29) is 10.2 Å². The Morgan fingerprint density at radius 3 is 2.11 bits per heavy atom. The Balaban J connectivity index is 1.82. The van der Waals surface area contributed by atoms with Crippen LogP contribution in [-0.4, -0.2) is 59.5 Å². The van der Waals surface area contributed by atoms with Gasteiger partial charge in [0, 0.05) is 45.2 Å². The molecule has 3 aromatic rings. The smallest absolute Gasteiger partial charge is 0.303 e. The number of nitriles is 1. The minimum atomic E-state index is -1.40. The van der Waals surface area contributed by atoms with Crippen molar-refractivity contribution in [3.8, 4) is 28.5 Å². The molecule has 5 atom stereocenters. The standard InChI is InChI=1S/C34H32N2O9S/c1-17-10-12-22(13-11-17)28-25-14-23-8-6-7-9-24(23)29(25)36(34(46)26(28)15-35)33-32(44-21(5)40)31(43-20(4)39)30(42-19(3)38)27(45-33)16-41-18(2)37/h6-13,27,30-33H,14,16H2,1-5H3/t27-,30-,31+,32-,33-/m1/s1. The number of benzene rings is 2. The highest BCUT2D eigenvalue weighted by molar-refractivity contribution is 7.71. The molecular weight excluding hydrogens is 612 g/mol. The van der Waals surface area contributed by atoms with E-state index in [1.54, 1.807) is 4.57 Å². The summed E-state index contributed by atoms with van der Waals surface area (Å²) in [5.41, 5.74) is 5.90. The van der Waals surface area contributed by atoms with Crippen LogP contribution in [0.15, 0.2) is 48.5 Å². The normalized spacial score (nSPS) is 21.3. The molecule has 1 saturated heterocycles. The van der Waals surface area contributed by atoms with E-state index in [4.69, 9.17) is 35.9 Å². The molecule has 11 nitrogen and oxygen atoms in total. The SMILES string of the molecule is CC(=O)OC[C@H]1O[C@@H](n2c3c(c(-c4ccc(C)cc4)c(C#N)c2=S)Cc2ccccc2-3)[C@H](OC(C)=O)[C@@H](OC(C)=O)[C@@H]1OC(C)=O. The summed E-state index contributed by atoms with van der Waals surface area (Å²) in [6, 6.07) is 17.7. The molecule has 0 bridgehead atoms. The van der Waals surface area contributed by atoms with Gasteiger partial charge in [0.25, 0.3) is 0 Å². The maximum atomic E-state index is 12.6. The van der Waals surface area contributed by atoms with Gasteiger partial charge < -0.3 is 28.3 Å². The van der Waals surface area contributed by atoms with Gasteiger partial charge in [-0.2, -0.15) is 5.26 Å². The second kappa shape index (κ2) is 13.2. The van der Waals surface area contributed by atoms with Crippen LogP contribution in [0.25, 0.3) is 22.4 Å². The highest BCUT2D eigenvalue weighted by Gasteiger charge is 2.53. The molecule has 1 aromatic heterocycles. The van der Waals surface area contributed by atoms with Crippen LogP contribution in [0.4, 0.5) is 0 Å². The first-order valence-electron chi connectivity index (χ1n) is 14.6. The highest BCUT2D eigenvalue weighted by Crippen LogP contribution is 2.47. The van der Waals surface area contributed by atoms with E-state index in [0.29, 0.717) is 17.7 Å². The number of rotatable bonds is 7. The summed E-state index contributed by atoms with van der Waals surface area (Å²) in [6.45, 7) is 6.27. The third-order valence-corrected chi connectivity index (χ3v) is 8.22. The van der Waals surface area contributed by atoms with Crippen LogP contribution < -0.4 is 0 Å². The van der Waals surface area contributed by atoms with E-state index in [9.17, 15) is 24.4 Å². The van der Waals surface area contributed by atoms with Gasteiger partial charge in [-0.3, -0.25) is 19.2 Å². The van der Waals surface area contributed by atoms with Gasteiger partial charge in [0.1, 0.15) is 23.4 Å². The van der Waals surface area contributed by atoms with Gasteiger partial charge in [-0.15, -0.1) is 0 Å². The Bertz CT molecular complexity index is 1830. The van der Waals surface area contributed by atoms with Crippen LogP contribution in [0, 0.1) is 22.9 Å². The summed E-state index contributed by atoms with van der Waals surface area (Å²) in [7, 11) is 0. The average molecular weight is 645 g/mol.